The molecular weight excluding hydrogens is 386 g/mol. The Hall–Kier alpha value is -2.69. The summed E-state index contributed by atoms with van der Waals surface area (Å²) in [6, 6.07) is 23.5. The van der Waals surface area contributed by atoms with Gasteiger partial charge in [-0.25, -0.2) is 0 Å². The zero-order chi connectivity index (χ0) is 20.9. The summed E-state index contributed by atoms with van der Waals surface area (Å²) in [6.45, 7) is 7.91. The van der Waals surface area contributed by atoms with Crippen molar-refractivity contribution in [3.8, 4) is 0 Å². The molecule has 4 aromatic rings. The zero-order valence-electron chi connectivity index (χ0n) is 17.6. The average Bonchev–Trinajstić information content (AvgIpc) is 2.76. The minimum Gasteiger partial charge on any atom is -0.383 e. The fourth-order valence-electron chi connectivity index (χ4n) is 3.98. The van der Waals surface area contributed by atoms with E-state index in [1.807, 2.05) is 0 Å². The molecule has 0 saturated heterocycles. The maximum Gasteiger partial charge on any atom is 0.0482 e. The van der Waals surface area contributed by atoms with Crippen LogP contribution in [0.25, 0.3) is 21.5 Å². The molecule has 4 heteroatoms. The van der Waals surface area contributed by atoms with Gasteiger partial charge >= 0.3 is 0 Å². The van der Waals surface area contributed by atoms with Crippen molar-refractivity contribution in [3.05, 3.63) is 77.9 Å². The van der Waals surface area contributed by atoms with E-state index in [1.54, 1.807) is 0 Å². The highest BCUT2D eigenvalue weighted by molar-refractivity contribution is 7.80. The van der Waals surface area contributed by atoms with Crippen LogP contribution in [-0.2, 0) is 0 Å². The van der Waals surface area contributed by atoms with Gasteiger partial charge in [-0.05, 0) is 47.2 Å². The Morgan fingerprint density at radius 3 is 2.27 bits per heavy atom. The first-order chi connectivity index (χ1) is 14.6. The van der Waals surface area contributed by atoms with Crippen LogP contribution in [0.5, 0.6) is 0 Å². The van der Waals surface area contributed by atoms with E-state index in [1.165, 1.54) is 38.4 Å². The average molecular weight is 416 g/mol. The molecule has 0 saturated carbocycles. The second kappa shape index (κ2) is 9.41. The third-order valence-corrected chi connectivity index (χ3v) is 6.07. The molecule has 3 N–H and O–H groups in total. The largest absolute Gasteiger partial charge is 0.383 e. The molecule has 30 heavy (non-hydrogen) atoms. The number of hydrogen-bond donors (Lipinski definition) is 4. The molecule has 0 aromatic heterocycles. The summed E-state index contributed by atoms with van der Waals surface area (Å²) in [6.07, 6.45) is 0. The predicted molar refractivity (Wildman–Crippen MR) is 134 cm³/mol. The van der Waals surface area contributed by atoms with E-state index in [0.29, 0.717) is 0 Å². The van der Waals surface area contributed by atoms with Crippen molar-refractivity contribution in [1.29, 1.82) is 0 Å². The molecule has 0 aliphatic heterocycles. The van der Waals surface area contributed by atoms with Crippen LogP contribution >= 0.6 is 12.6 Å². The molecule has 0 amide bonds. The van der Waals surface area contributed by atoms with Crippen LogP contribution in [0.15, 0.2) is 71.6 Å². The van der Waals surface area contributed by atoms with Crippen molar-refractivity contribution >= 4 is 45.5 Å². The Kier molecular flexibility index (Phi) is 6.46. The fourth-order valence-corrected chi connectivity index (χ4v) is 4.34. The second-order valence-corrected chi connectivity index (χ2v) is 8.16. The lowest BCUT2D eigenvalue weighted by atomic mass is 10.0. The van der Waals surface area contributed by atoms with Crippen LogP contribution in [-0.4, -0.2) is 26.2 Å². The molecular formula is C26H29N3S. The Bertz CT molecular complexity index is 1170. The topological polar surface area (TPSA) is 36.1 Å². The molecule has 0 aliphatic carbocycles. The number of anilines is 2. The lowest BCUT2D eigenvalue weighted by Gasteiger charge is -2.15. The highest BCUT2D eigenvalue weighted by atomic mass is 32.1. The number of benzene rings is 4. The van der Waals surface area contributed by atoms with E-state index in [-0.39, 0.29) is 0 Å². The van der Waals surface area contributed by atoms with Gasteiger partial charge < -0.3 is 16.0 Å². The summed E-state index contributed by atoms with van der Waals surface area (Å²) in [7, 11) is 0. The molecule has 0 atom stereocenters. The Morgan fingerprint density at radius 1 is 0.667 bits per heavy atom. The zero-order valence-corrected chi connectivity index (χ0v) is 18.5. The van der Waals surface area contributed by atoms with E-state index >= 15 is 0 Å². The van der Waals surface area contributed by atoms with Gasteiger partial charge in [0, 0.05) is 47.8 Å². The molecule has 3 nitrogen and oxygen atoms in total. The predicted octanol–water partition coefficient (Wildman–Crippen LogP) is 6.01. The number of nitrogens with one attached hydrogen (secondary N) is 3. The van der Waals surface area contributed by atoms with Crippen LogP contribution in [0.1, 0.15) is 11.1 Å². The first kappa shape index (κ1) is 20.6. The maximum atomic E-state index is 4.72. The normalized spacial score (nSPS) is 11.2. The SMILES string of the molecule is Cc1ccc2cccc(C)c2c1NCCNCCNc1ccc2ccccc2c1S. The first-order valence-corrected chi connectivity index (χ1v) is 11.0. The standard InChI is InChI=1S/C26H29N3S/c1-18-6-5-8-21-11-10-19(2)25(24(18)21)29-17-15-27-14-16-28-23-13-12-20-7-3-4-9-22(20)26(23)30/h3-13,27-30H,14-17H2,1-2H3. The Labute approximate surface area is 184 Å². The van der Waals surface area contributed by atoms with E-state index in [2.05, 4.69) is 96.5 Å². The van der Waals surface area contributed by atoms with Crippen molar-refractivity contribution in [2.45, 2.75) is 18.7 Å². The van der Waals surface area contributed by atoms with Gasteiger partial charge in [0.25, 0.3) is 0 Å². The summed E-state index contributed by atoms with van der Waals surface area (Å²) in [5.74, 6) is 0. The van der Waals surface area contributed by atoms with Crippen molar-refractivity contribution in [2.75, 3.05) is 36.8 Å². The van der Waals surface area contributed by atoms with Gasteiger partial charge in [0.05, 0.1) is 0 Å². The van der Waals surface area contributed by atoms with E-state index in [0.717, 1.165) is 36.8 Å². The molecule has 0 fully saturated rings. The number of thiol groups is 1. The van der Waals surface area contributed by atoms with Gasteiger partial charge in [0.15, 0.2) is 0 Å². The number of fused-ring (bicyclic) bond motifs is 2. The first-order valence-electron chi connectivity index (χ1n) is 10.5. The molecule has 0 unspecified atom stereocenters. The Morgan fingerprint density at radius 2 is 1.40 bits per heavy atom. The molecule has 4 aromatic carbocycles. The van der Waals surface area contributed by atoms with Gasteiger partial charge in [-0.1, -0.05) is 60.7 Å². The molecule has 0 heterocycles. The number of hydrogen-bond acceptors (Lipinski definition) is 4. The molecule has 0 bridgehead atoms. The van der Waals surface area contributed by atoms with Crippen LogP contribution < -0.4 is 16.0 Å². The Balaban J connectivity index is 1.27. The molecule has 4 rings (SSSR count). The van der Waals surface area contributed by atoms with Gasteiger partial charge in [-0.2, -0.15) is 0 Å². The van der Waals surface area contributed by atoms with Crippen molar-refractivity contribution in [2.24, 2.45) is 0 Å². The van der Waals surface area contributed by atoms with Gasteiger partial charge in [-0.3, -0.25) is 0 Å². The number of aryl methyl sites for hydroxylation is 2. The molecule has 0 aliphatic rings. The maximum absolute atomic E-state index is 4.72. The van der Waals surface area contributed by atoms with Crippen LogP contribution in [0, 0.1) is 13.8 Å². The summed E-state index contributed by atoms with van der Waals surface area (Å²) in [5.41, 5.74) is 4.94. The minimum absolute atomic E-state index is 0.859. The van der Waals surface area contributed by atoms with Crippen molar-refractivity contribution in [3.63, 3.8) is 0 Å². The van der Waals surface area contributed by atoms with Crippen molar-refractivity contribution < 1.29 is 0 Å². The molecule has 154 valence electrons. The molecule has 0 radical (unpaired) electrons. The smallest absolute Gasteiger partial charge is 0.0482 e. The third-order valence-electron chi connectivity index (χ3n) is 5.58. The second-order valence-electron chi connectivity index (χ2n) is 7.72. The lowest BCUT2D eigenvalue weighted by Crippen LogP contribution is -2.27. The summed E-state index contributed by atoms with van der Waals surface area (Å²) < 4.78 is 0. The monoisotopic (exact) mass is 415 g/mol. The summed E-state index contributed by atoms with van der Waals surface area (Å²) in [5, 5.41) is 15.7. The fraction of sp³-hybridized carbons (Fsp3) is 0.231. The van der Waals surface area contributed by atoms with E-state index in [4.69, 9.17) is 12.6 Å². The van der Waals surface area contributed by atoms with Gasteiger partial charge in [0.2, 0.25) is 0 Å². The van der Waals surface area contributed by atoms with Crippen LogP contribution in [0.4, 0.5) is 11.4 Å². The third kappa shape index (κ3) is 4.40. The van der Waals surface area contributed by atoms with Crippen LogP contribution in [0.3, 0.4) is 0 Å². The van der Waals surface area contributed by atoms with E-state index < -0.39 is 0 Å². The van der Waals surface area contributed by atoms with Gasteiger partial charge in [0.1, 0.15) is 0 Å². The lowest BCUT2D eigenvalue weighted by molar-refractivity contribution is 0.719. The van der Waals surface area contributed by atoms with Crippen LogP contribution in [0.2, 0.25) is 0 Å². The highest BCUT2D eigenvalue weighted by Crippen LogP contribution is 2.30. The quantitative estimate of drug-likeness (QED) is 0.210. The van der Waals surface area contributed by atoms with Crippen molar-refractivity contribution in [1.82, 2.24) is 5.32 Å². The number of rotatable bonds is 8. The summed E-state index contributed by atoms with van der Waals surface area (Å²) in [4.78, 5) is 1.01. The van der Waals surface area contributed by atoms with Gasteiger partial charge in [-0.15, -0.1) is 12.6 Å². The minimum atomic E-state index is 0.859. The summed E-state index contributed by atoms with van der Waals surface area (Å²) >= 11 is 4.72. The highest BCUT2D eigenvalue weighted by Gasteiger charge is 2.07. The molecule has 0 spiro atoms. The van der Waals surface area contributed by atoms with E-state index in [9.17, 15) is 0 Å².